The van der Waals surface area contributed by atoms with E-state index < -0.39 is 5.97 Å². The molecule has 1 heterocycles. The monoisotopic (exact) mass is 290 g/mol. The molecule has 6 nitrogen and oxygen atoms in total. The van der Waals surface area contributed by atoms with Crippen LogP contribution in [0.25, 0.3) is 11.6 Å². The molecule has 2 rings (SSSR count). The maximum absolute atomic E-state index is 12.9. The second-order valence-electron chi connectivity index (χ2n) is 4.13. The van der Waals surface area contributed by atoms with E-state index in [4.69, 9.17) is 4.74 Å². The van der Waals surface area contributed by atoms with E-state index >= 15 is 0 Å². The van der Waals surface area contributed by atoms with Gasteiger partial charge >= 0.3 is 5.97 Å². The van der Waals surface area contributed by atoms with Crippen LogP contribution < -0.4 is 0 Å². The van der Waals surface area contributed by atoms with Crippen LogP contribution in [0.2, 0.25) is 0 Å². The summed E-state index contributed by atoms with van der Waals surface area (Å²) in [5.74, 6) is -0.711. The average molecular weight is 290 g/mol. The number of hydrogen-bond donors (Lipinski definition) is 0. The SMILES string of the molecule is CCOC(=O)C(=Cc1ccc(F)cc1)c1nnn(CC)n1. The van der Waals surface area contributed by atoms with Gasteiger partial charge in [0.15, 0.2) is 0 Å². The summed E-state index contributed by atoms with van der Waals surface area (Å²) in [6.45, 7) is 4.35. The summed E-state index contributed by atoms with van der Waals surface area (Å²) in [6, 6.07) is 5.73. The van der Waals surface area contributed by atoms with Gasteiger partial charge in [0.2, 0.25) is 5.82 Å². The van der Waals surface area contributed by atoms with Crippen molar-refractivity contribution >= 4 is 17.6 Å². The van der Waals surface area contributed by atoms with E-state index in [0.29, 0.717) is 12.1 Å². The predicted molar refractivity (Wildman–Crippen MR) is 74.4 cm³/mol. The normalized spacial score (nSPS) is 11.5. The van der Waals surface area contributed by atoms with Crippen LogP contribution in [0.1, 0.15) is 25.2 Å². The molecule has 1 aromatic heterocycles. The molecule has 0 bridgehead atoms. The summed E-state index contributed by atoms with van der Waals surface area (Å²) in [7, 11) is 0. The second-order valence-corrected chi connectivity index (χ2v) is 4.13. The van der Waals surface area contributed by atoms with Crippen LogP contribution in [0.5, 0.6) is 0 Å². The molecule has 0 amide bonds. The molecule has 1 aromatic carbocycles. The van der Waals surface area contributed by atoms with Crippen molar-refractivity contribution in [3.05, 3.63) is 41.5 Å². The fraction of sp³-hybridized carbons (Fsp3) is 0.286. The van der Waals surface area contributed by atoms with Crippen LogP contribution >= 0.6 is 0 Å². The quantitative estimate of drug-likeness (QED) is 0.621. The summed E-state index contributed by atoms with van der Waals surface area (Å²) in [5, 5.41) is 11.8. The summed E-state index contributed by atoms with van der Waals surface area (Å²) >= 11 is 0. The molecule has 0 saturated heterocycles. The van der Waals surface area contributed by atoms with E-state index in [2.05, 4.69) is 15.4 Å². The standard InChI is InChI=1S/C14H15FN4O2/c1-3-19-17-13(16-18-19)12(14(20)21-4-2)9-10-5-7-11(15)8-6-10/h5-9H,3-4H2,1-2H3. The Labute approximate surface area is 121 Å². The third kappa shape index (κ3) is 3.71. The number of carbonyl (C=O) groups excluding carboxylic acids is 1. The van der Waals surface area contributed by atoms with Crippen molar-refractivity contribution in [3.8, 4) is 0 Å². The van der Waals surface area contributed by atoms with Crippen LogP contribution in [0.4, 0.5) is 4.39 Å². The minimum Gasteiger partial charge on any atom is -0.462 e. The molecule has 21 heavy (non-hydrogen) atoms. The van der Waals surface area contributed by atoms with Crippen molar-refractivity contribution < 1.29 is 13.9 Å². The number of aryl methyl sites for hydroxylation is 1. The lowest BCUT2D eigenvalue weighted by Gasteiger charge is -2.03. The molecule has 0 aliphatic rings. The van der Waals surface area contributed by atoms with Gasteiger partial charge in [-0.25, -0.2) is 9.18 Å². The molecule has 0 unspecified atom stereocenters. The zero-order chi connectivity index (χ0) is 15.2. The molecule has 0 aliphatic carbocycles. The highest BCUT2D eigenvalue weighted by Gasteiger charge is 2.18. The van der Waals surface area contributed by atoms with E-state index in [1.807, 2.05) is 6.92 Å². The third-order valence-electron chi connectivity index (χ3n) is 2.65. The van der Waals surface area contributed by atoms with Crippen molar-refractivity contribution in [2.75, 3.05) is 6.61 Å². The Bertz CT molecular complexity index is 649. The number of carbonyl (C=O) groups is 1. The maximum atomic E-state index is 12.9. The Morgan fingerprint density at radius 2 is 2.05 bits per heavy atom. The van der Waals surface area contributed by atoms with Gasteiger partial charge in [-0.05, 0) is 42.8 Å². The first-order chi connectivity index (χ1) is 10.1. The first-order valence-corrected chi connectivity index (χ1v) is 6.56. The molecule has 0 radical (unpaired) electrons. The molecule has 0 atom stereocenters. The smallest absolute Gasteiger partial charge is 0.342 e. The van der Waals surface area contributed by atoms with Gasteiger partial charge in [0.25, 0.3) is 0 Å². The lowest BCUT2D eigenvalue weighted by Crippen LogP contribution is -2.08. The van der Waals surface area contributed by atoms with Gasteiger partial charge in [-0.1, -0.05) is 12.1 Å². The molecule has 2 aromatic rings. The van der Waals surface area contributed by atoms with E-state index in [-0.39, 0.29) is 23.8 Å². The summed E-state index contributed by atoms with van der Waals surface area (Å²) in [5.41, 5.74) is 0.829. The molecule has 110 valence electrons. The highest BCUT2D eigenvalue weighted by Crippen LogP contribution is 2.16. The van der Waals surface area contributed by atoms with Crippen molar-refractivity contribution in [1.82, 2.24) is 20.2 Å². The summed E-state index contributed by atoms with van der Waals surface area (Å²) in [4.78, 5) is 13.4. The topological polar surface area (TPSA) is 69.9 Å². The van der Waals surface area contributed by atoms with Crippen LogP contribution in [0.3, 0.4) is 0 Å². The molecular weight excluding hydrogens is 275 g/mol. The molecule has 7 heteroatoms. The first kappa shape index (κ1) is 14.8. The molecular formula is C14H15FN4O2. The number of benzene rings is 1. The first-order valence-electron chi connectivity index (χ1n) is 6.56. The number of tetrazole rings is 1. The molecule has 0 spiro atoms. The van der Waals surface area contributed by atoms with E-state index in [9.17, 15) is 9.18 Å². The number of aromatic nitrogens is 4. The predicted octanol–water partition coefficient (Wildman–Crippen LogP) is 1.94. The van der Waals surface area contributed by atoms with E-state index in [0.717, 1.165) is 0 Å². The fourth-order valence-corrected chi connectivity index (χ4v) is 1.63. The highest BCUT2D eigenvalue weighted by atomic mass is 19.1. The van der Waals surface area contributed by atoms with E-state index in [1.165, 1.54) is 16.9 Å². The Hall–Kier alpha value is -2.57. The summed E-state index contributed by atoms with van der Waals surface area (Å²) < 4.78 is 17.9. The van der Waals surface area contributed by atoms with Crippen molar-refractivity contribution in [2.24, 2.45) is 0 Å². The number of esters is 1. The summed E-state index contributed by atoms with van der Waals surface area (Å²) in [6.07, 6.45) is 1.55. The van der Waals surface area contributed by atoms with Crippen LogP contribution in [0, 0.1) is 5.82 Å². The van der Waals surface area contributed by atoms with Gasteiger partial charge in [0.05, 0.1) is 13.2 Å². The molecule has 0 N–H and O–H groups in total. The Morgan fingerprint density at radius 3 is 2.62 bits per heavy atom. The van der Waals surface area contributed by atoms with Crippen LogP contribution in [-0.4, -0.2) is 32.8 Å². The van der Waals surface area contributed by atoms with Crippen molar-refractivity contribution in [2.45, 2.75) is 20.4 Å². The molecule has 0 fully saturated rings. The van der Waals surface area contributed by atoms with Crippen LogP contribution in [0.15, 0.2) is 24.3 Å². The zero-order valence-corrected chi connectivity index (χ0v) is 11.8. The largest absolute Gasteiger partial charge is 0.462 e. The van der Waals surface area contributed by atoms with E-state index in [1.54, 1.807) is 25.1 Å². The zero-order valence-electron chi connectivity index (χ0n) is 11.8. The lowest BCUT2D eigenvalue weighted by molar-refractivity contribution is -0.136. The number of rotatable bonds is 5. The van der Waals surface area contributed by atoms with Gasteiger partial charge < -0.3 is 4.74 Å². The van der Waals surface area contributed by atoms with Gasteiger partial charge in [-0.2, -0.15) is 4.80 Å². The highest BCUT2D eigenvalue weighted by molar-refractivity contribution is 6.20. The molecule has 0 aliphatic heterocycles. The molecule has 0 saturated carbocycles. The Kier molecular flexibility index (Phi) is 4.76. The van der Waals surface area contributed by atoms with Crippen LogP contribution in [-0.2, 0) is 16.1 Å². The van der Waals surface area contributed by atoms with Gasteiger partial charge in [-0.15, -0.1) is 10.2 Å². The number of nitrogens with zero attached hydrogens (tertiary/aromatic N) is 4. The average Bonchev–Trinajstić information content (AvgIpc) is 2.95. The van der Waals surface area contributed by atoms with Crippen molar-refractivity contribution in [3.63, 3.8) is 0 Å². The number of halogens is 1. The van der Waals surface area contributed by atoms with Gasteiger partial charge in [0.1, 0.15) is 11.4 Å². The number of hydrogen-bond acceptors (Lipinski definition) is 5. The Morgan fingerprint density at radius 1 is 1.33 bits per heavy atom. The van der Waals surface area contributed by atoms with Gasteiger partial charge in [-0.3, -0.25) is 0 Å². The second kappa shape index (κ2) is 6.74. The minimum atomic E-state index is -0.544. The third-order valence-corrected chi connectivity index (χ3v) is 2.65. The minimum absolute atomic E-state index is 0.180. The Balaban J connectivity index is 2.40. The lowest BCUT2D eigenvalue weighted by atomic mass is 10.1. The van der Waals surface area contributed by atoms with Crippen molar-refractivity contribution in [1.29, 1.82) is 0 Å². The number of ether oxygens (including phenoxy) is 1. The maximum Gasteiger partial charge on any atom is 0.342 e. The fourth-order valence-electron chi connectivity index (χ4n) is 1.63. The van der Waals surface area contributed by atoms with Gasteiger partial charge in [0, 0.05) is 0 Å².